The molecular weight excluding hydrogens is 345 g/mol. The van der Waals surface area contributed by atoms with Gasteiger partial charge in [0.1, 0.15) is 23.7 Å². The third-order valence-corrected chi connectivity index (χ3v) is 4.82. The molecular formula is C20H16FN5O. The number of hydrogen-bond acceptors (Lipinski definition) is 5. The van der Waals surface area contributed by atoms with Crippen LogP contribution in [-0.2, 0) is 13.0 Å². The van der Waals surface area contributed by atoms with Crippen LogP contribution in [0.1, 0.15) is 11.1 Å². The highest BCUT2D eigenvalue weighted by atomic mass is 19.1. The SMILES string of the molecule is Fc1ccc2c(c1CNc1ccc(-c3cccnc3)c3nncn13)CCO2. The van der Waals surface area contributed by atoms with Gasteiger partial charge in [0.2, 0.25) is 0 Å². The summed E-state index contributed by atoms with van der Waals surface area (Å²) in [5, 5.41) is 11.6. The van der Waals surface area contributed by atoms with E-state index in [-0.39, 0.29) is 5.82 Å². The minimum Gasteiger partial charge on any atom is -0.493 e. The Morgan fingerprint density at radius 3 is 3.04 bits per heavy atom. The maximum atomic E-state index is 14.4. The molecule has 5 rings (SSSR count). The number of nitrogens with zero attached hydrogens (tertiary/aromatic N) is 4. The van der Waals surface area contributed by atoms with E-state index >= 15 is 0 Å². The molecule has 0 radical (unpaired) electrons. The molecule has 1 aromatic carbocycles. The molecule has 27 heavy (non-hydrogen) atoms. The zero-order valence-electron chi connectivity index (χ0n) is 14.4. The lowest BCUT2D eigenvalue weighted by Gasteiger charge is -2.13. The van der Waals surface area contributed by atoms with Crippen molar-refractivity contribution >= 4 is 11.5 Å². The fourth-order valence-electron chi connectivity index (χ4n) is 3.49. The number of rotatable bonds is 4. The van der Waals surface area contributed by atoms with Gasteiger partial charge >= 0.3 is 0 Å². The molecule has 4 heterocycles. The number of fused-ring (bicyclic) bond motifs is 2. The molecule has 0 aliphatic carbocycles. The first kappa shape index (κ1) is 15.7. The third-order valence-electron chi connectivity index (χ3n) is 4.82. The van der Waals surface area contributed by atoms with E-state index in [1.54, 1.807) is 24.8 Å². The fraction of sp³-hybridized carbons (Fsp3) is 0.150. The van der Waals surface area contributed by atoms with E-state index in [4.69, 9.17) is 4.74 Å². The van der Waals surface area contributed by atoms with Crippen molar-refractivity contribution in [3.05, 3.63) is 72.1 Å². The van der Waals surface area contributed by atoms with Crippen LogP contribution in [0.25, 0.3) is 16.8 Å². The number of aromatic nitrogens is 4. The highest BCUT2D eigenvalue weighted by Crippen LogP contribution is 2.31. The van der Waals surface area contributed by atoms with Gasteiger partial charge in [0.05, 0.1) is 6.61 Å². The first-order chi connectivity index (χ1) is 13.3. The Morgan fingerprint density at radius 1 is 1.19 bits per heavy atom. The minimum absolute atomic E-state index is 0.223. The van der Waals surface area contributed by atoms with Gasteiger partial charge < -0.3 is 10.1 Å². The predicted octanol–water partition coefficient (Wildman–Crippen LogP) is 3.48. The van der Waals surface area contributed by atoms with Crippen molar-refractivity contribution in [2.45, 2.75) is 13.0 Å². The van der Waals surface area contributed by atoms with Crippen LogP contribution < -0.4 is 10.1 Å². The fourth-order valence-corrected chi connectivity index (χ4v) is 3.49. The second-order valence-corrected chi connectivity index (χ2v) is 6.35. The van der Waals surface area contributed by atoms with Crippen LogP contribution in [0.2, 0.25) is 0 Å². The average Bonchev–Trinajstić information content (AvgIpc) is 3.37. The highest BCUT2D eigenvalue weighted by Gasteiger charge is 2.19. The standard InChI is InChI=1S/C20H16FN5O/c21-17-4-5-18-15(7-9-27-18)16(17)11-23-19-6-3-14(13-2-1-8-22-10-13)20-25-24-12-26(19)20/h1-6,8,10,12,23H,7,9,11H2. The Balaban J connectivity index is 1.49. The van der Waals surface area contributed by atoms with Gasteiger partial charge in [-0.1, -0.05) is 6.07 Å². The maximum Gasteiger partial charge on any atom is 0.170 e. The summed E-state index contributed by atoms with van der Waals surface area (Å²) in [6, 6.07) is 10.9. The summed E-state index contributed by atoms with van der Waals surface area (Å²) in [6.45, 7) is 0.958. The monoisotopic (exact) mass is 361 g/mol. The van der Waals surface area contributed by atoms with Crippen molar-refractivity contribution in [3.63, 3.8) is 0 Å². The van der Waals surface area contributed by atoms with Gasteiger partial charge in [-0.3, -0.25) is 9.38 Å². The van der Waals surface area contributed by atoms with Crippen molar-refractivity contribution in [3.8, 4) is 16.9 Å². The number of benzene rings is 1. The van der Waals surface area contributed by atoms with E-state index in [0.717, 1.165) is 40.3 Å². The number of halogens is 1. The minimum atomic E-state index is -0.223. The number of pyridine rings is 2. The van der Waals surface area contributed by atoms with Crippen LogP contribution in [0.15, 0.2) is 55.1 Å². The van der Waals surface area contributed by atoms with Crippen LogP contribution in [0.5, 0.6) is 5.75 Å². The molecule has 0 bridgehead atoms. The molecule has 0 amide bonds. The second kappa shape index (κ2) is 6.35. The summed E-state index contributed by atoms with van der Waals surface area (Å²) in [7, 11) is 0. The first-order valence-electron chi connectivity index (χ1n) is 8.71. The summed E-state index contributed by atoms with van der Waals surface area (Å²) in [6.07, 6.45) is 5.90. The van der Waals surface area contributed by atoms with Crippen LogP contribution in [0, 0.1) is 5.82 Å². The van der Waals surface area contributed by atoms with Crippen LogP contribution >= 0.6 is 0 Å². The largest absolute Gasteiger partial charge is 0.493 e. The van der Waals surface area contributed by atoms with Gasteiger partial charge in [-0.2, -0.15) is 0 Å². The van der Waals surface area contributed by atoms with Gasteiger partial charge in [-0.05, 0) is 30.3 Å². The Hall–Kier alpha value is -3.48. The maximum absolute atomic E-state index is 14.4. The summed E-state index contributed by atoms with van der Waals surface area (Å²) in [5.74, 6) is 1.34. The quantitative estimate of drug-likeness (QED) is 0.603. The molecule has 6 nitrogen and oxygen atoms in total. The third kappa shape index (κ3) is 2.68. The van der Waals surface area contributed by atoms with Gasteiger partial charge in [-0.25, -0.2) is 4.39 Å². The van der Waals surface area contributed by atoms with Gasteiger partial charge in [0.15, 0.2) is 5.65 Å². The average molecular weight is 361 g/mol. The van der Waals surface area contributed by atoms with E-state index < -0.39 is 0 Å². The summed E-state index contributed by atoms with van der Waals surface area (Å²) < 4.78 is 21.8. The summed E-state index contributed by atoms with van der Waals surface area (Å²) in [5.41, 5.74) is 4.20. The van der Waals surface area contributed by atoms with Crippen LogP contribution in [0.3, 0.4) is 0 Å². The van der Waals surface area contributed by atoms with Crippen molar-refractivity contribution < 1.29 is 9.13 Å². The molecule has 0 saturated carbocycles. The summed E-state index contributed by atoms with van der Waals surface area (Å²) in [4.78, 5) is 4.17. The molecule has 1 N–H and O–H groups in total. The normalized spacial score (nSPS) is 12.8. The van der Waals surface area contributed by atoms with E-state index in [1.165, 1.54) is 6.07 Å². The molecule has 0 spiro atoms. The first-order valence-corrected chi connectivity index (χ1v) is 8.71. The second-order valence-electron chi connectivity index (χ2n) is 6.35. The Labute approximate surface area is 154 Å². The highest BCUT2D eigenvalue weighted by molar-refractivity contribution is 5.78. The molecule has 4 aromatic rings. The number of ether oxygens (including phenoxy) is 1. The molecule has 0 unspecified atom stereocenters. The molecule has 0 saturated heterocycles. The van der Waals surface area contributed by atoms with E-state index in [1.807, 2.05) is 28.7 Å². The molecule has 134 valence electrons. The molecule has 0 atom stereocenters. The van der Waals surface area contributed by atoms with Crippen molar-refractivity contribution in [2.75, 3.05) is 11.9 Å². The number of anilines is 1. The Bertz CT molecular complexity index is 1130. The lowest BCUT2D eigenvalue weighted by Crippen LogP contribution is -2.08. The molecule has 0 fully saturated rings. The van der Waals surface area contributed by atoms with E-state index in [2.05, 4.69) is 20.5 Å². The van der Waals surface area contributed by atoms with Crippen molar-refractivity contribution in [2.24, 2.45) is 0 Å². The lowest BCUT2D eigenvalue weighted by molar-refractivity contribution is 0.356. The Morgan fingerprint density at radius 2 is 2.15 bits per heavy atom. The van der Waals surface area contributed by atoms with Crippen LogP contribution in [0.4, 0.5) is 10.2 Å². The van der Waals surface area contributed by atoms with Crippen molar-refractivity contribution in [1.29, 1.82) is 0 Å². The number of hydrogen-bond donors (Lipinski definition) is 1. The zero-order chi connectivity index (χ0) is 18.2. The van der Waals surface area contributed by atoms with Gasteiger partial charge in [0.25, 0.3) is 0 Å². The topological polar surface area (TPSA) is 64.3 Å². The van der Waals surface area contributed by atoms with Gasteiger partial charge in [-0.15, -0.1) is 10.2 Å². The lowest BCUT2D eigenvalue weighted by atomic mass is 10.0. The zero-order valence-corrected chi connectivity index (χ0v) is 14.4. The molecule has 1 aliphatic rings. The Kier molecular flexibility index (Phi) is 3.71. The smallest absolute Gasteiger partial charge is 0.170 e. The summed E-state index contributed by atoms with van der Waals surface area (Å²) >= 11 is 0. The number of nitrogens with one attached hydrogen (secondary N) is 1. The molecule has 7 heteroatoms. The van der Waals surface area contributed by atoms with E-state index in [0.29, 0.717) is 18.7 Å². The van der Waals surface area contributed by atoms with E-state index in [9.17, 15) is 4.39 Å². The van der Waals surface area contributed by atoms with Crippen molar-refractivity contribution in [1.82, 2.24) is 19.6 Å². The van der Waals surface area contributed by atoms with Gasteiger partial charge in [0, 0.05) is 47.6 Å². The predicted molar refractivity (Wildman–Crippen MR) is 99.1 cm³/mol. The molecule has 3 aromatic heterocycles. The molecule has 1 aliphatic heterocycles. The van der Waals surface area contributed by atoms with Crippen LogP contribution in [-0.4, -0.2) is 26.2 Å².